The highest BCUT2D eigenvalue weighted by Crippen LogP contribution is 2.40. The van der Waals surface area contributed by atoms with Crippen molar-refractivity contribution >= 4 is 5.91 Å². The van der Waals surface area contributed by atoms with Gasteiger partial charge in [-0.2, -0.15) is 0 Å². The van der Waals surface area contributed by atoms with Crippen LogP contribution in [0.1, 0.15) is 77.0 Å². The minimum Gasteiger partial charge on any atom is -0.381 e. The van der Waals surface area contributed by atoms with Gasteiger partial charge in [-0.15, -0.1) is 0 Å². The fraction of sp³-hybridized carbons (Fsp3) is 0.963. The summed E-state index contributed by atoms with van der Waals surface area (Å²) in [7, 11) is 6.23. The molecule has 4 fully saturated rings. The molecule has 0 N–H and O–H groups in total. The van der Waals surface area contributed by atoms with Crippen LogP contribution in [-0.2, 0) is 9.53 Å². The number of hydrogen-bond donors (Lipinski definition) is 0. The summed E-state index contributed by atoms with van der Waals surface area (Å²) in [5, 5.41) is 0. The predicted molar refractivity (Wildman–Crippen MR) is 131 cm³/mol. The lowest BCUT2D eigenvalue weighted by molar-refractivity contribution is -0.132. The molecule has 2 aliphatic carbocycles. The van der Waals surface area contributed by atoms with E-state index in [1.54, 1.807) is 0 Å². The van der Waals surface area contributed by atoms with Crippen LogP contribution in [0.5, 0.6) is 0 Å². The molecular weight excluding hydrogens is 398 g/mol. The Morgan fingerprint density at radius 1 is 0.969 bits per heavy atom. The maximum Gasteiger partial charge on any atom is 0.222 e. The van der Waals surface area contributed by atoms with Gasteiger partial charge in [0.2, 0.25) is 5.91 Å². The molecule has 6 atom stereocenters. The number of piperidine rings is 1. The average Bonchev–Trinajstić information content (AvgIpc) is 3.13. The van der Waals surface area contributed by atoms with E-state index >= 15 is 0 Å². The van der Waals surface area contributed by atoms with Crippen molar-refractivity contribution in [2.75, 3.05) is 53.9 Å². The Morgan fingerprint density at radius 2 is 1.75 bits per heavy atom. The second-order valence-corrected chi connectivity index (χ2v) is 11.6. The number of rotatable bonds is 8. The molecule has 5 heteroatoms. The van der Waals surface area contributed by atoms with Gasteiger partial charge in [-0.05, 0) is 88.8 Å². The summed E-state index contributed by atoms with van der Waals surface area (Å²) in [6, 6.07) is 0.737. The highest BCUT2D eigenvalue weighted by Gasteiger charge is 2.41. The smallest absolute Gasteiger partial charge is 0.222 e. The molecule has 0 aromatic carbocycles. The third kappa shape index (κ3) is 6.07. The first-order valence-electron chi connectivity index (χ1n) is 13.7. The molecule has 0 spiro atoms. The normalized spacial score (nSPS) is 36.7. The highest BCUT2D eigenvalue weighted by atomic mass is 16.5. The van der Waals surface area contributed by atoms with Crippen LogP contribution in [0.2, 0.25) is 0 Å². The Kier molecular flexibility index (Phi) is 8.92. The number of amides is 1. The number of likely N-dealkylation sites (tertiary alicyclic amines) is 2. The van der Waals surface area contributed by atoms with Crippen molar-refractivity contribution in [3.05, 3.63) is 0 Å². The number of hydrogen-bond acceptors (Lipinski definition) is 4. The van der Waals surface area contributed by atoms with Crippen molar-refractivity contribution in [2.45, 2.75) is 89.2 Å². The molecule has 0 radical (unpaired) electrons. The Morgan fingerprint density at radius 3 is 2.59 bits per heavy atom. The van der Waals surface area contributed by atoms with Crippen molar-refractivity contribution in [2.24, 2.45) is 23.7 Å². The minimum atomic E-state index is 0.386. The molecule has 32 heavy (non-hydrogen) atoms. The van der Waals surface area contributed by atoms with E-state index in [9.17, 15) is 4.79 Å². The number of fused-ring (bicyclic) bond motifs is 1. The summed E-state index contributed by atoms with van der Waals surface area (Å²) in [6.45, 7) is 5.66. The molecule has 4 rings (SSSR count). The largest absolute Gasteiger partial charge is 0.381 e. The van der Waals surface area contributed by atoms with Gasteiger partial charge in [-0.1, -0.05) is 25.7 Å². The molecular formula is C27H49N3O2. The Balaban J connectivity index is 1.20. The van der Waals surface area contributed by atoms with E-state index in [1.165, 1.54) is 90.3 Å². The van der Waals surface area contributed by atoms with Crippen LogP contribution in [0.25, 0.3) is 0 Å². The van der Waals surface area contributed by atoms with Crippen molar-refractivity contribution in [3.63, 3.8) is 0 Å². The number of nitrogens with zero attached hydrogens (tertiary/aromatic N) is 3. The lowest BCUT2D eigenvalue weighted by atomic mass is 9.78. The van der Waals surface area contributed by atoms with E-state index in [1.807, 2.05) is 7.11 Å². The third-order valence-electron chi connectivity index (χ3n) is 9.43. The molecule has 2 heterocycles. The van der Waals surface area contributed by atoms with E-state index in [2.05, 4.69) is 28.8 Å². The van der Waals surface area contributed by atoms with Crippen LogP contribution in [-0.4, -0.2) is 86.7 Å². The zero-order valence-electron chi connectivity index (χ0n) is 21.1. The number of methoxy groups -OCH3 is 1. The Bertz CT molecular complexity index is 599. The van der Waals surface area contributed by atoms with Gasteiger partial charge < -0.3 is 19.4 Å². The lowest BCUT2D eigenvalue weighted by Crippen LogP contribution is -2.43. The van der Waals surface area contributed by atoms with Crippen LogP contribution in [0, 0.1) is 23.7 Å². The second kappa shape index (κ2) is 11.7. The molecule has 0 aromatic rings. The average molecular weight is 448 g/mol. The summed E-state index contributed by atoms with van der Waals surface area (Å²) in [6.07, 6.45) is 15.8. The first-order chi connectivity index (χ1) is 15.5. The van der Waals surface area contributed by atoms with E-state index in [4.69, 9.17) is 4.74 Å². The topological polar surface area (TPSA) is 36.0 Å². The van der Waals surface area contributed by atoms with E-state index < -0.39 is 0 Å². The van der Waals surface area contributed by atoms with Gasteiger partial charge in [0, 0.05) is 46.3 Å². The summed E-state index contributed by atoms with van der Waals surface area (Å²) in [4.78, 5) is 20.4. The second-order valence-electron chi connectivity index (χ2n) is 11.6. The zero-order chi connectivity index (χ0) is 22.5. The maximum absolute atomic E-state index is 13.1. The van der Waals surface area contributed by atoms with Crippen LogP contribution in [0.4, 0.5) is 0 Å². The molecule has 2 saturated carbocycles. The first kappa shape index (κ1) is 24.5. The summed E-state index contributed by atoms with van der Waals surface area (Å²) < 4.78 is 5.77. The molecule has 5 nitrogen and oxygen atoms in total. The monoisotopic (exact) mass is 447 g/mol. The SMILES string of the molecule is COC1CCCCC1CCN1CCCC(CN(C)C(=O)CC2CN(C)C3CCCCC23)C1. The first-order valence-corrected chi connectivity index (χ1v) is 13.7. The number of carbonyl (C=O) groups is 1. The van der Waals surface area contributed by atoms with Gasteiger partial charge >= 0.3 is 0 Å². The van der Waals surface area contributed by atoms with Crippen LogP contribution >= 0.6 is 0 Å². The van der Waals surface area contributed by atoms with Crippen molar-refractivity contribution in [3.8, 4) is 0 Å². The number of ether oxygens (including phenoxy) is 1. The quantitative estimate of drug-likeness (QED) is 0.557. The molecule has 6 unspecified atom stereocenters. The highest BCUT2D eigenvalue weighted by molar-refractivity contribution is 5.76. The van der Waals surface area contributed by atoms with Crippen LogP contribution in [0.15, 0.2) is 0 Å². The molecule has 0 aromatic heterocycles. The zero-order valence-corrected chi connectivity index (χ0v) is 21.1. The summed E-state index contributed by atoms with van der Waals surface area (Å²) in [5.74, 6) is 3.10. The molecule has 4 aliphatic rings. The van der Waals surface area contributed by atoms with Crippen LogP contribution < -0.4 is 0 Å². The van der Waals surface area contributed by atoms with Gasteiger partial charge in [-0.3, -0.25) is 4.79 Å². The molecule has 0 bridgehead atoms. The minimum absolute atomic E-state index is 0.386. The Labute approximate surface area is 197 Å². The van der Waals surface area contributed by atoms with Gasteiger partial charge in [0.25, 0.3) is 0 Å². The van der Waals surface area contributed by atoms with Crippen molar-refractivity contribution in [1.29, 1.82) is 0 Å². The van der Waals surface area contributed by atoms with Gasteiger partial charge in [0.15, 0.2) is 0 Å². The lowest BCUT2D eigenvalue weighted by Gasteiger charge is -2.37. The fourth-order valence-electron chi connectivity index (χ4n) is 7.63. The van der Waals surface area contributed by atoms with Crippen molar-refractivity contribution in [1.82, 2.24) is 14.7 Å². The van der Waals surface area contributed by atoms with E-state index in [0.717, 1.165) is 37.4 Å². The van der Waals surface area contributed by atoms with Gasteiger partial charge in [0.1, 0.15) is 0 Å². The van der Waals surface area contributed by atoms with Gasteiger partial charge in [0.05, 0.1) is 6.10 Å². The Hall–Kier alpha value is -0.650. The summed E-state index contributed by atoms with van der Waals surface area (Å²) in [5.41, 5.74) is 0. The van der Waals surface area contributed by atoms with Crippen molar-refractivity contribution < 1.29 is 9.53 Å². The fourth-order valence-corrected chi connectivity index (χ4v) is 7.63. The number of carbonyl (C=O) groups excluding carboxylic acids is 1. The standard InChI is InChI=1S/C27H49N3O2/c1-28-20-23(24-11-5-6-12-25(24)28)17-27(31)29(2)18-21-9-8-15-30(19-21)16-14-22-10-4-7-13-26(22)32-3/h21-26H,4-20H2,1-3H3. The predicted octanol–water partition coefficient (Wildman–Crippen LogP) is 4.26. The van der Waals surface area contributed by atoms with Gasteiger partial charge in [-0.25, -0.2) is 0 Å². The van der Waals surface area contributed by atoms with E-state index in [0.29, 0.717) is 23.8 Å². The molecule has 184 valence electrons. The molecule has 1 amide bonds. The molecule has 2 aliphatic heterocycles. The molecule has 2 saturated heterocycles. The third-order valence-corrected chi connectivity index (χ3v) is 9.43. The summed E-state index contributed by atoms with van der Waals surface area (Å²) >= 11 is 0. The van der Waals surface area contributed by atoms with E-state index in [-0.39, 0.29) is 0 Å². The maximum atomic E-state index is 13.1. The van der Waals surface area contributed by atoms with Crippen LogP contribution in [0.3, 0.4) is 0 Å².